The van der Waals surface area contributed by atoms with Crippen molar-refractivity contribution >= 4 is 23.0 Å². The molecule has 0 atom stereocenters. The molecule has 0 spiro atoms. The maximum absolute atomic E-state index is 11.2. The van der Waals surface area contributed by atoms with Gasteiger partial charge >= 0.3 is 0 Å². The highest BCUT2D eigenvalue weighted by Crippen LogP contribution is 2.11. The molecule has 0 aliphatic rings. The molecule has 0 saturated heterocycles. The van der Waals surface area contributed by atoms with Crippen molar-refractivity contribution in [3.05, 3.63) is 42.1 Å². The van der Waals surface area contributed by atoms with Crippen molar-refractivity contribution in [2.45, 2.75) is 6.42 Å². The van der Waals surface area contributed by atoms with E-state index in [1.54, 1.807) is 12.4 Å². The minimum atomic E-state index is -0.122. The van der Waals surface area contributed by atoms with Crippen molar-refractivity contribution < 1.29 is 10.5 Å². The zero-order valence-corrected chi connectivity index (χ0v) is 9.97. The van der Waals surface area contributed by atoms with Crippen molar-refractivity contribution in [1.82, 2.24) is 10.4 Å². The van der Waals surface area contributed by atoms with Crippen LogP contribution in [0.3, 0.4) is 0 Å². The molecular weight excluding hydrogens is 228 g/mol. The number of carbonyl (C=O) groups is 1. The molecule has 0 saturated carbocycles. The number of nitrogens with zero attached hydrogens (tertiary/aromatic N) is 2. The van der Waals surface area contributed by atoms with Crippen LogP contribution in [-0.2, 0) is 4.79 Å². The maximum atomic E-state index is 11.2. The van der Waals surface area contributed by atoms with Crippen molar-refractivity contribution in [3.63, 3.8) is 0 Å². The maximum Gasteiger partial charge on any atom is 0.245 e. The first-order valence-electron chi connectivity index (χ1n) is 5.75. The molecule has 1 aromatic carbocycles. The molecule has 2 aromatic rings. The van der Waals surface area contributed by atoms with Gasteiger partial charge in [-0.05, 0) is 23.8 Å². The van der Waals surface area contributed by atoms with E-state index in [2.05, 4.69) is 21.2 Å². The number of hydrazone groups is 1. The number of amides is 1. The van der Waals surface area contributed by atoms with Crippen LogP contribution in [0.2, 0.25) is 0 Å². The van der Waals surface area contributed by atoms with Crippen molar-refractivity contribution in [2.75, 3.05) is 6.54 Å². The Hall–Kier alpha value is -2.27. The first kappa shape index (κ1) is 12.2. The van der Waals surface area contributed by atoms with Gasteiger partial charge in [0.1, 0.15) is 0 Å². The standard InChI is InChI=1S/C13H14N4O/c14-6-5-13(18)17-16-9-10-3-4-12-11(8-10)2-1-7-15-12/h1-4,7-9H,5-6,14H2,(H,17,18)/p+1/b16-9-. The van der Waals surface area contributed by atoms with Gasteiger partial charge in [0.05, 0.1) is 24.7 Å². The van der Waals surface area contributed by atoms with Crippen molar-refractivity contribution in [3.8, 4) is 0 Å². The predicted octanol–water partition coefficient (Wildman–Crippen LogP) is 0.317. The number of benzene rings is 1. The lowest BCUT2D eigenvalue weighted by Gasteiger charge is -1.98. The Kier molecular flexibility index (Phi) is 3.98. The molecule has 1 aromatic heterocycles. The van der Waals surface area contributed by atoms with Crippen LogP contribution in [-0.4, -0.2) is 23.7 Å². The summed E-state index contributed by atoms with van der Waals surface area (Å²) in [5, 5.41) is 4.94. The van der Waals surface area contributed by atoms with E-state index in [4.69, 9.17) is 0 Å². The zero-order valence-electron chi connectivity index (χ0n) is 9.97. The topological polar surface area (TPSA) is 82.0 Å². The van der Waals surface area contributed by atoms with Crippen LogP contribution in [0.1, 0.15) is 12.0 Å². The summed E-state index contributed by atoms with van der Waals surface area (Å²) in [5.41, 5.74) is 7.92. The van der Waals surface area contributed by atoms with Crippen LogP contribution in [0.4, 0.5) is 0 Å². The molecule has 0 radical (unpaired) electrons. The summed E-state index contributed by atoms with van der Waals surface area (Å²) in [7, 11) is 0. The van der Waals surface area contributed by atoms with Gasteiger partial charge in [-0.2, -0.15) is 5.10 Å². The van der Waals surface area contributed by atoms with E-state index in [0.717, 1.165) is 16.5 Å². The summed E-state index contributed by atoms with van der Waals surface area (Å²) in [6.07, 6.45) is 3.77. The van der Waals surface area contributed by atoms with Crippen LogP contribution in [0, 0.1) is 0 Å². The molecule has 0 bridgehead atoms. The van der Waals surface area contributed by atoms with Crippen LogP contribution >= 0.6 is 0 Å². The summed E-state index contributed by atoms with van der Waals surface area (Å²) < 4.78 is 0. The average Bonchev–Trinajstić information content (AvgIpc) is 2.39. The summed E-state index contributed by atoms with van der Waals surface area (Å²) >= 11 is 0. The first-order chi connectivity index (χ1) is 8.79. The fraction of sp³-hybridized carbons (Fsp3) is 0.154. The molecule has 0 aliphatic heterocycles. The largest absolute Gasteiger partial charge is 0.357 e. The number of hydrogen-bond acceptors (Lipinski definition) is 3. The highest BCUT2D eigenvalue weighted by atomic mass is 16.2. The summed E-state index contributed by atoms with van der Waals surface area (Å²) in [6.45, 7) is 0.572. The minimum absolute atomic E-state index is 0.122. The summed E-state index contributed by atoms with van der Waals surface area (Å²) in [4.78, 5) is 15.4. The Morgan fingerprint density at radius 3 is 3.17 bits per heavy atom. The fourth-order valence-electron chi connectivity index (χ4n) is 1.57. The number of pyridine rings is 1. The third kappa shape index (κ3) is 3.11. The van der Waals surface area contributed by atoms with E-state index >= 15 is 0 Å². The van der Waals surface area contributed by atoms with Crippen LogP contribution in [0.5, 0.6) is 0 Å². The molecule has 5 heteroatoms. The smallest absolute Gasteiger partial charge is 0.245 e. The van der Waals surface area contributed by atoms with Crippen molar-refractivity contribution in [2.24, 2.45) is 5.10 Å². The Morgan fingerprint density at radius 2 is 2.33 bits per heavy atom. The van der Waals surface area contributed by atoms with Gasteiger partial charge in [-0.3, -0.25) is 9.78 Å². The summed E-state index contributed by atoms with van der Waals surface area (Å²) in [5.74, 6) is -0.122. The lowest BCUT2D eigenvalue weighted by atomic mass is 10.1. The highest BCUT2D eigenvalue weighted by molar-refractivity contribution is 5.89. The van der Waals surface area contributed by atoms with E-state index < -0.39 is 0 Å². The van der Waals surface area contributed by atoms with E-state index in [1.807, 2.05) is 30.3 Å². The highest BCUT2D eigenvalue weighted by Gasteiger charge is 1.97. The molecule has 18 heavy (non-hydrogen) atoms. The number of rotatable bonds is 4. The van der Waals surface area contributed by atoms with Crippen LogP contribution < -0.4 is 11.2 Å². The van der Waals surface area contributed by atoms with Gasteiger partial charge in [0.2, 0.25) is 5.91 Å². The number of carbonyl (C=O) groups excluding carboxylic acids is 1. The Bertz CT molecular complexity index is 580. The van der Waals surface area contributed by atoms with Gasteiger partial charge in [0.25, 0.3) is 0 Å². The second kappa shape index (κ2) is 5.88. The third-order valence-corrected chi connectivity index (χ3v) is 2.43. The second-order valence-corrected chi connectivity index (χ2v) is 3.85. The molecule has 2 rings (SSSR count). The quantitative estimate of drug-likeness (QED) is 0.598. The van der Waals surface area contributed by atoms with Gasteiger partial charge in [-0.25, -0.2) is 5.43 Å². The summed E-state index contributed by atoms with van der Waals surface area (Å²) in [6, 6.07) is 9.68. The normalized spacial score (nSPS) is 10.9. The zero-order chi connectivity index (χ0) is 12.8. The molecular formula is C13H15N4O+. The lowest BCUT2D eigenvalue weighted by Crippen LogP contribution is -2.51. The van der Waals surface area contributed by atoms with Crippen molar-refractivity contribution in [1.29, 1.82) is 0 Å². The first-order valence-corrected chi connectivity index (χ1v) is 5.75. The number of fused-ring (bicyclic) bond motifs is 1. The molecule has 4 N–H and O–H groups in total. The van der Waals surface area contributed by atoms with Gasteiger partial charge in [0, 0.05) is 11.6 Å². The third-order valence-electron chi connectivity index (χ3n) is 2.43. The number of hydrogen-bond donors (Lipinski definition) is 2. The van der Waals surface area contributed by atoms with E-state index in [0.29, 0.717) is 13.0 Å². The lowest BCUT2D eigenvalue weighted by molar-refractivity contribution is -0.366. The van der Waals surface area contributed by atoms with Gasteiger partial charge in [-0.1, -0.05) is 12.1 Å². The molecule has 5 nitrogen and oxygen atoms in total. The van der Waals surface area contributed by atoms with Gasteiger partial charge < -0.3 is 5.73 Å². The van der Waals surface area contributed by atoms with Crippen LogP contribution in [0.25, 0.3) is 10.9 Å². The Labute approximate surface area is 105 Å². The van der Waals surface area contributed by atoms with Gasteiger partial charge in [0.15, 0.2) is 0 Å². The molecule has 0 unspecified atom stereocenters. The SMILES string of the molecule is [NH3+]CCC(=O)N/N=C\c1ccc2ncccc2c1. The number of quaternary nitrogens is 1. The molecule has 0 fully saturated rings. The molecule has 1 amide bonds. The predicted molar refractivity (Wildman–Crippen MR) is 69.9 cm³/mol. The monoisotopic (exact) mass is 243 g/mol. The molecule has 1 heterocycles. The number of aromatic nitrogens is 1. The molecule has 92 valence electrons. The minimum Gasteiger partial charge on any atom is -0.357 e. The van der Waals surface area contributed by atoms with E-state index in [-0.39, 0.29) is 5.91 Å². The number of nitrogens with one attached hydrogen (secondary N) is 1. The molecule has 0 aliphatic carbocycles. The van der Waals surface area contributed by atoms with E-state index in [1.165, 1.54) is 0 Å². The fourth-order valence-corrected chi connectivity index (χ4v) is 1.57. The van der Waals surface area contributed by atoms with Crippen LogP contribution in [0.15, 0.2) is 41.6 Å². The van der Waals surface area contributed by atoms with Gasteiger partial charge in [-0.15, -0.1) is 0 Å². The Morgan fingerprint density at radius 1 is 1.44 bits per heavy atom. The van der Waals surface area contributed by atoms with E-state index in [9.17, 15) is 4.79 Å². The average molecular weight is 243 g/mol. The second-order valence-electron chi connectivity index (χ2n) is 3.85. The Balaban J connectivity index is 2.07.